The Labute approximate surface area is 155 Å². The van der Waals surface area contributed by atoms with E-state index in [9.17, 15) is 4.79 Å². The number of carbonyl (C=O) groups excluding carboxylic acids is 1. The van der Waals surface area contributed by atoms with Crippen LogP contribution >= 0.6 is 0 Å². The van der Waals surface area contributed by atoms with Crippen molar-refractivity contribution in [3.8, 4) is 0 Å². The number of carbonyl (C=O) groups is 1. The van der Waals surface area contributed by atoms with Crippen molar-refractivity contribution in [1.29, 1.82) is 0 Å². The second kappa shape index (κ2) is 9.51. The third-order valence-electron chi connectivity index (χ3n) is 5.15. The molecule has 0 fully saturated rings. The number of unbranched alkanes of at least 4 members (excludes halogenated alkanes) is 2. The number of hydrogen-bond donors (Lipinski definition) is 1. The number of fused-ring (bicyclic) bond motifs is 1. The summed E-state index contributed by atoms with van der Waals surface area (Å²) in [5, 5.41) is 0. The number of amides is 1. The van der Waals surface area contributed by atoms with E-state index in [0.29, 0.717) is 0 Å². The average Bonchev–Trinajstić information content (AvgIpc) is 2.63. The number of primary amides is 1. The topological polar surface area (TPSA) is 68.9 Å². The van der Waals surface area contributed by atoms with E-state index in [1.807, 2.05) is 6.07 Å². The second-order valence-corrected chi connectivity index (χ2v) is 20.3. The molecule has 0 saturated heterocycles. The minimum atomic E-state index is -2.42. The van der Waals surface area contributed by atoms with E-state index < -0.39 is 24.3 Å². The average molecular weight is 448 g/mol. The van der Waals surface area contributed by atoms with Crippen molar-refractivity contribution in [1.82, 2.24) is 9.97 Å². The third-order valence-corrected chi connectivity index (χ3v) is 21.2. The van der Waals surface area contributed by atoms with E-state index in [1.54, 1.807) is 3.58 Å². The molecule has 0 aliphatic rings. The van der Waals surface area contributed by atoms with E-state index in [4.69, 9.17) is 5.73 Å². The standard InChI is InChI=1S/C9H6N3O.2C4H9.C3H7.Sn/c10-9(13)8-5-11-6-3-1-2-4-7(6)12-8;2*1-3-4-2;1-3-2;/h2-5H,(H2,10,13);2*1,3-4H2,2H3;1,3H2,2H3;. The van der Waals surface area contributed by atoms with Crippen LogP contribution in [0.15, 0.2) is 24.4 Å². The van der Waals surface area contributed by atoms with Gasteiger partial charge in [0.1, 0.15) is 0 Å². The number of benzene rings is 1. The van der Waals surface area contributed by atoms with E-state index in [0.717, 1.165) is 11.0 Å². The van der Waals surface area contributed by atoms with Gasteiger partial charge in [-0.25, -0.2) is 0 Å². The van der Waals surface area contributed by atoms with Gasteiger partial charge in [0.15, 0.2) is 0 Å². The molecule has 2 aromatic rings. The summed E-state index contributed by atoms with van der Waals surface area (Å²) in [4.78, 5) is 20.1. The first-order valence-electron chi connectivity index (χ1n) is 9.63. The molecule has 136 valence electrons. The van der Waals surface area contributed by atoms with Crippen molar-refractivity contribution in [2.24, 2.45) is 5.73 Å². The number of nitrogens with two attached hydrogens (primary N) is 1. The normalized spacial score (nSPS) is 11.8. The molecule has 0 bridgehead atoms. The van der Waals surface area contributed by atoms with Crippen LogP contribution in [0.1, 0.15) is 63.4 Å². The van der Waals surface area contributed by atoms with Gasteiger partial charge in [-0.05, 0) is 0 Å². The molecule has 0 saturated carbocycles. The number of hydrogen-bond acceptors (Lipinski definition) is 3. The van der Waals surface area contributed by atoms with Gasteiger partial charge in [0.25, 0.3) is 0 Å². The molecule has 1 heterocycles. The Morgan fingerprint density at radius 3 is 2.24 bits per heavy atom. The SMILES string of the molecule is CCC[CH2][Sn]([CH2]CC)([CH2]CCC)[c]1ccc2nc(C(N)=O)cnc2c1. The zero-order valence-corrected chi connectivity index (χ0v) is 18.7. The summed E-state index contributed by atoms with van der Waals surface area (Å²) < 4.78 is 5.84. The molecule has 1 amide bonds. The molecule has 25 heavy (non-hydrogen) atoms. The molecule has 2 rings (SSSR count). The summed E-state index contributed by atoms with van der Waals surface area (Å²) in [6, 6.07) is 6.59. The Kier molecular flexibility index (Phi) is 7.66. The van der Waals surface area contributed by atoms with Crippen LogP contribution in [0.25, 0.3) is 11.0 Å². The van der Waals surface area contributed by atoms with Crippen LogP contribution in [0.5, 0.6) is 0 Å². The first-order chi connectivity index (χ1) is 12.1. The summed E-state index contributed by atoms with van der Waals surface area (Å²) in [5.41, 5.74) is 7.22. The van der Waals surface area contributed by atoms with Crippen LogP contribution in [-0.2, 0) is 0 Å². The van der Waals surface area contributed by atoms with Gasteiger partial charge in [-0.15, -0.1) is 0 Å². The van der Waals surface area contributed by atoms with Crippen molar-refractivity contribution in [3.05, 3.63) is 30.1 Å². The molecule has 5 heteroatoms. The molecule has 0 aliphatic carbocycles. The van der Waals surface area contributed by atoms with Gasteiger partial charge in [0, 0.05) is 0 Å². The first-order valence-corrected chi connectivity index (χ1v) is 17.1. The maximum atomic E-state index is 11.3. The van der Waals surface area contributed by atoms with E-state index >= 15 is 0 Å². The first kappa shape index (κ1) is 20.1. The molecule has 0 atom stereocenters. The predicted octanol–water partition coefficient (Wildman–Crippen LogP) is 4.39. The second-order valence-electron chi connectivity index (χ2n) is 7.06. The van der Waals surface area contributed by atoms with Gasteiger partial charge in [-0.3, -0.25) is 0 Å². The van der Waals surface area contributed by atoms with E-state index in [-0.39, 0.29) is 5.69 Å². The fourth-order valence-corrected chi connectivity index (χ4v) is 19.5. The molecule has 2 N–H and O–H groups in total. The molecule has 0 unspecified atom stereocenters. The zero-order valence-electron chi connectivity index (χ0n) is 15.8. The molecule has 4 nitrogen and oxygen atoms in total. The Bertz CT molecular complexity index is 709. The summed E-state index contributed by atoms with van der Waals surface area (Å²) in [7, 11) is 0. The fraction of sp³-hybridized carbons (Fsp3) is 0.550. The Balaban J connectivity index is 2.47. The van der Waals surface area contributed by atoms with Gasteiger partial charge in [0.2, 0.25) is 0 Å². The van der Waals surface area contributed by atoms with Crippen LogP contribution in [0.2, 0.25) is 13.3 Å². The van der Waals surface area contributed by atoms with Crippen molar-refractivity contribution >= 4 is 38.9 Å². The van der Waals surface area contributed by atoms with Gasteiger partial charge >= 0.3 is 156 Å². The van der Waals surface area contributed by atoms with Crippen molar-refractivity contribution < 1.29 is 4.79 Å². The summed E-state index contributed by atoms with van der Waals surface area (Å²) in [6.07, 6.45) is 7.99. The molecule has 1 aromatic heterocycles. The van der Waals surface area contributed by atoms with Crippen LogP contribution in [-0.4, -0.2) is 34.3 Å². The van der Waals surface area contributed by atoms with Crippen molar-refractivity contribution in [2.75, 3.05) is 0 Å². The predicted molar refractivity (Wildman–Crippen MR) is 108 cm³/mol. The monoisotopic (exact) mass is 449 g/mol. The third kappa shape index (κ3) is 4.93. The maximum absolute atomic E-state index is 11.3. The van der Waals surface area contributed by atoms with Crippen LogP contribution < -0.4 is 9.31 Å². The fourth-order valence-electron chi connectivity index (χ4n) is 3.78. The molecule has 0 spiro atoms. The molecular weight excluding hydrogens is 417 g/mol. The van der Waals surface area contributed by atoms with Gasteiger partial charge in [-0.1, -0.05) is 0 Å². The van der Waals surface area contributed by atoms with E-state index in [2.05, 4.69) is 42.9 Å². The van der Waals surface area contributed by atoms with Gasteiger partial charge in [-0.2, -0.15) is 0 Å². The summed E-state index contributed by atoms with van der Waals surface area (Å²) >= 11 is -2.42. The quantitative estimate of drug-likeness (QED) is 0.549. The van der Waals surface area contributed by atoms with Crippen LogP contribution in [0.3, 0.4) is 0 Å². The van der Waals surface area contributed by atoms with Crippen LogP contribution in [0, 0.1) is 0 Å². The molecule has 0 radical (unpaired) electrons. The van der Waals surface area contributed by atoms with Crippen molar-refractivity contribution in [2.45, 2.75) is 66.2 Å². The van der Waals surface area contributed by atoms with Crippen molar-refractivity contribution in [3.63, 3.8) is 0 Å². The summed E-state index contributed by atoms with van der Waals surface area (Å²) in [6.45, 7) is 6.91. The molecule has 0 aliphatic heterocycles. The Morgan fingerprint density at radius 2 is 1.68 bits per heavy atom. The van der Waals surface area contributed by atoms with Crippen LogP contribution in [0.4, 0.5) is 0 Å². The van der Waals surface area contributed by atoms with E-state index in [1.165, 1.54) is 51.6 Å². The number of nitrogens with zero attached hydrogens (tertiary/aromatic N) is 2. The number of aromatic nitrogens is 2. The Morgan fingerprint density at radius 1 is 1.00 bits per heavy atom. The van der Waals surface area contributed by atoms with Gasteiger partial charge < -0.3 is 0 Å². The summed E-state index contributed by atoms with van der Waals surface area (Å²) in [5.74, 6) is -0.524. The van der Waals surface area contributed by atoms with Gasteiger partial charge in [0.05, 0.1) is 0 Å². The zero-order chi connectivity index (χ0) is 18.3. The molecular formula is C20H31N3OSn. The molecule has 1 aromatic carbocycles. The Hall–Kier alpha value is -1.17. The minimum absolute atomic E-state index is 0.237. The number of rotatable bonds is 10.